The Bertz CT molecular complexity index is 858. The molecule has 5 heteroatoms. The molecule has 0 bridgehead atoms. The number of amides is 1. The van der Waals surface area contributed by atoms with Gasteiger partial charge in [0.15, 0.2) is 0 Å². The van der Waals surface area contributed by atoms with Gasteiger partial charge in [0.2, 0.25) is 0 Å². The van der Waals surface area contributed by atoms with Crippen LogP contribution in [0.15, 0.2) is 60.8 Å². The first-order chi connectivity index (χ1) is 12.2. The molecule has 3 aromatic rings. The summed E-state index contributed by atoms with van der Waals surface area (Å²) < 4.78 is 15.5. The van der Waals surface area contributed by atoms with Gasteiger partial charge in [-0.05, 0) is 18.1 Å². The normalized spacial score (nSPS) is 10.6. The molecule has 0 fully saturated rings. The minimum atomic E-state index is -0.321. The third-order valence-electron chi connectivity index (χ3n) is 4.10. The Balaban J connectivity index is 1.73. The molecule has 0 radical (unpaired) electrons. The van der Waals surface area contributed by atoms with E-state index in [-0.39, 0.29) is 18.3 Å². The number of hydrogen-bond donors (Lipinski definition) is 1. The maximum absolute atomic E-state index is 13.7. The molecule has 0 atom stereocenters. The third kappa shape index (κ3) is 3.94. The Morgan fingerprint density at radius 3 is 2.56 bits per heavy atom. The van der Waals surface area contributed by atoms with Gasteiger partial charge in [-0.3, -0.25) is 9.48 Å². The third-order valence-corrected chi connectivity index (χ3v) is 4.10. The Labute approximate surface area is 146 Å². The van der Waals surface area contributed by atoms with Crippen molar-refractivity contribution in [2.75, 3.05) is 0 Å². The van der Waals surface area contributed by atoms with Crippen molar-refractivity contribution in [2.24, 2.45) is 0 Å². The van der Waals surface area contributed by atoms with Crippen LogP contribution in [0.4, 0.5) is 4.39 Å². The molecule has 0 aliphatic carbocycles. The number of benzene rings is 2. The lowest BCUT2D eigenvalue weighted by Gasteiger charge is -2.09. The summed E-state index contributed by atoms with van der Waals surface area (Å²) in [6.07, 6.45) is 2.27. The van der Waals surface area contributed by atoms with Crippen molar-refractivity contribution >= 4 is 5.91 Å². The van der Waals surface area contributed by atoms with Gasteiger partial charge in [-0.25, -0.2) is 4.39 Å². The highest BCUT2D eigenvalue weighted by Crippen LogP contribution is 2.13. The molecule has 0 aliphatic rings. The van der Waals surface area contributed by atoms with E-state index in [4.69, 9.17) is 0 Å². The van der Waals surface area contributed by atoms with Crippen LogP contribution >= 0.6 is 0 Å². The van der Waals surface area contributed by atoms with E-state index in [1.807, 2.05) is 41.9 Å². The van der Waals surface area contributed by atoms with Gasteiger partial charge in [-0.2, -0.15) is 5.10 Å². The highest BCUT2D eigenvalue weighted by molar-refractivity contribution is 5.95. The van der Waals surface area contributed by atoms with Gasteiger partial charge >= 0.3 is 0 Å². The molecule has 1 aromatic heterocycles. The monoisotopic (exact) mass is 337 g/mol. The molecule has 25 heavy (non-hydrogen) atoms. The second-order valence-electron chi connectivity index (χ2n) is 5.78. The standard InChI is InChI=1S/C20H20FN3O/c1-2-19-17(13-23-24(19)14-15-8-4-3-5-9-15)20(25)22-12-16-10-6-7-11-18(16)21/h3-11,13H,2,12,14H2,1H3,(H,22,25). The largest absolute Gasteiger partial charge is 0.348 e. The maximum Gasteiger partial charge on any atom is 0.255 e. The minimum absolute atomic E-state index is 0.151. The maximum atomic E-state index is 13.7. The van der Waals surface area contributed by atoms with Crippen LogP contribution in [-0.2, 0) is 19.5 Å². The molecular formula is C20H20FN3O. The van der Waals surface area contributed by atoms with Gasteiger partial charge in [0.05, 0.1) is 24.0 Å². The van der Waals surface area contributed by atoms with E-state index in [1.165, 1.54) is 6.07 Å². The van der Waals surface area contributed by atoms with Crippen molar-refractivity contribution in [2.45, 2.75) is 26.4 Å². The number of nitrogens with one attached hydrogen (secondary N) is 1. The van der Waals surface area contributed by atoms with Crippen LogP contribution in [0.1, 0.15) is 34.1 Å². The molecule has 0 saturated heterocycles. The molecule has 1 N–H and O–H groups in total. The zero-order chi connectivity index (χ0) is 17.6. The molecule has 0 unspecified atom stereocenters. The number of halogens is 1. The highest BCUT2D eigenvalue weighted by atomic mass is 19.1. The Morgan fingerprint density at radius 2 is 1.84 bits per heavy atom. The van der Waals surface area contributed by atoms with Crippen LogP contribution in [-0.4, -0.2) is 15.7 Å². The lowest BCUT2D eigenvalue weighted by molar-refractivity contribution is 0.0949. The summed E-state index contributed by atoms with van der Waals surface area (Å²) in [5, 5.41) is 7.13. The zero-order valence-corrected chi connectivity index (χ0v) is 14.1. The number of carbonyl (C=O) groups is 1. The average Bonchev–Trinajstić information content (AvgIpc) is 3.04. The molecule has 0 spiro atoms. The topological polar surface area (TPSA) is 46.9 Å². The van der Waals surface area contributed by atoms with Gasteiger partial charge < -0.3 is 5.32 Å². The molecule has 0 aliphatic heterocycles. The van der Waals surface area contributed by atoms with E-state index in [0.717, 1.165) is 11.3 Å². The Morgan fingerprint density at radius 1 is 1.12 bits per heavy atom. The van der Waals surface area contributed by atoms with E-state index < -0.39 is 0 Å². The summed E-state index contributed by atoms with van der Waals surface area (Å²) in [5.41, 5.74) is 2.99. The van der Waals surface area contributed by atoms with Crippen molar-refractivity contribution in [3.05, 3.63) is 89.0 Å². The van der Waals surface area contributed by atoms with Crippen LogP contribution < -0.4 is 5.32 Å². The Kier molecular flexibility index (Phi) is 5.23. The number of rotatable bonds is 6. The summed E-state index contributed by atoms with van der Waals surface area (Å²) in [7, 11) is 0. The lowest BCUT2D eigenvalue weighted by atomic mass is 10.1. The first-order valence-corrected chi connectivity index (χ1v) is 8.29. The molecule has 3 rings (SSSR count). The molecule has 1 heterocycles. The van der Waals surface area contributed by atoms with E-state index >= 15 is 0 Å². The molecular weight excluding hydrogens is 317 g/mol. The predicted molar refractivity (Wildman–Crippen MR) is 94.7 cm³/mol. The number of carbonyl (C=O) groups excluding carboxylic acids is 1. The number of nitrogens with zero attached hydrogens (tertiary/aromatic N) is 2. The van der Waals surface area contributed by atoms with Crippen molar-refractivity contribution in [3.8, 4) is 0 Å². The zero-order valence-electron chi connectivity index (χ0n) is 14.1. The second kappa shape index (κ2) is 7.75. The summed E-state index contributed by atoms with van der Waals surface area (Å²) in [6.45, 7) is 2.76. The summed E-state index contributed by atoms with van der Waals surface area (Å²) in [5.74, 6) is -0.558. The highest BCUT2D eigenvalue weighted by Gasteiger charge is 2.16. The summed E-state index contributed by atoms with van der Waals surface area (Å²) in [4.78, 5) is 12.5. The number of aromatic nitrogens is 2. The van der Waals surface area contributed by atoms with Crippen LogP contribution in [0.5, 0.6) is 0 Å². The van der Waals surface area contributed by atoms with E-state index in [9.17, 15) is 9.18 Å². The molecule has 1 amide bonds. The van der Waals surface area contributed by atoms with Gasteiger partial charge in [-0.15, -0.1) is 0 Å². The smallest absolute Gasteiger partial charge is 0.255 e. The van der Waals surface area contributed by atoms with E-state index in [0.29, 0.717) is 24.1 Å². The van der Waals surface area contributed by atoms with Crippen LogP contribution in [0.25, 0.3) is 0 Å². The fraction of sp³-hybridized carbons (Fsp3) is 0.200. The fourth-order valence-corrected chi connectivity index (χ4v) is 2.78. The van der Waals surface area contributed by atoms with Gasteiger partial charge in [0, 0.05) is 12.1 Å². The molecule has 2 aromatic carbocycles. The van der Waals surface area contributed by atoms with Gasteiger partial charge in [-0.1, -0.05) is 55.5 Å². The van der Waals surface area contributed by atoms with Crippen molar-refractivity contribution in [1.29, 1.82) is 0 Å². The fourth-order valence-electron chi connectivity index (χ4n) is 2.78. The first-order valence-electron chi connectivity index (χ1n) is 8.29. The van der Waals surface area contributed by atoms with Crippen molar-refractivity contribution in [3.63, 3.8) is 0 Å². The summed E-state index contributed by atoms with van der Waals surface area (Å²) in [6, 6.07) is 16.4. The van der Waals surface area contributed by atoms with Crippen LogP contribution in [0, 0.1) is 5.82 Å². The van der Waals surface area contributed by atoms with Crippen molar-refractivity contribution in [1.82, 2.24) is 15.1 Å². The minimum Gasteiger partial charge on any atom is -0.348 e. The lowest BCUT2D eigenvalue weighted by Crippen LogP contribution is -2.24. The van der Waals surface area contributed by atoms with Gasteiger partial charge in [0.1, 0.15) is 5.82 Å². The predicted octanol–water partition coefficient (Wildman–Crippen LogP) is 3.56. The summed E-state index contributed by atoms with van der Waals surface area (Å²) >= 11 is 0. The number of hydrogen-bond acceptors (Lipinski definition) is 2. The van der Waals surface area contributed by atoms with Crippen molar-refractivity contribution < 1.29 is 9.18 Å². The quantitative estimate of drug-likeness (QED) is 0.747. The molecule has 4 nitrogen and oxygen atoms in total. The van der Waals surface area contributed by atoms with E-state index in [2.05, 4.69) is 10.4 Å². The van der Waals surface area contributed by atoms with Gasteiger partial charge in [0.25, 0.3) is 5.91 Å². The van der Waals surface area contributed by atoms with E-state index in [1.54, 1.807) is 24.4 Å². The molecule has 128 valence electrons. The average molecular weight is 337 g/mol. The second-order valence-corrected chi connectivity index (χ2v) is 5.78. The first kappa shape index (κ1) is 16.9. The van der Waals surface area contributed by atoms with Crippen LogP contribution in [0.2, 0.25) is 0 Å². The van der Waals surface area contributed by atoms with Crippen LogP contribution in [0.3, 0.4) is 0 Å². The Hall–Kier alpha value is -2.95. The molecule has 0 saturated carbocycles. The SMILES string of the molecule is CCc1c(C(=O)NCc2ccccc2F)cnn1Cc1ccccc1.